The van der Waals surface area contributed by atoms with Gasteiger partial charge in [0.2, 0.25) is 23.6 Å². The molecule has 3 atom stereocenters. The third kappa shape index (κ3) is 7.02. The lowest BCUT2D eigenvalue weighted by molar-refractivity contribution is -0.137. The molecule has 1 aromatic heterocycles. The smallest absolute Gasteiger partial charge is 0.247 e. The van der Waals surface area contributed by atoms with Crippen molar-refractivity contribution in [1.29, 1.82) is 0 Å². The Morgan fingerprint density at radius 3 is 2.02 bits per heavy atom. The second-order valence-electron chi connectivity index (χ2n) is 13.0. The summed E-state index contributed by atoms with van der Waals surface area (Å²) < 4.78 is 0. The molecule has 7 rings (SSSR count). The van der Waals surface area contributed by atoms with Gasteiger partial charge in [-0.25, -0.2) is 0 Å². The zero-order chi connectivity index (χ0) is 34.6. The van der Waals surface area contributed by atoms with Crippen LogP contribution in [0.15, 0.2) is 109 Å². The monoisotopic (exact) mass is 668 g/mol. The third-order valence-corrected chi connectivity index (χ3v) is 9.69. The topological polar surface area (TPSA) is 141 Å². The summed E-state index contributed by atoms with van der Waals surface area (Å²) in [6.07, 6.45) is 3.04. The van der Waals surface area contributed by atoms with Gasteiger partial charge in [0.1, 0.15) is 18.1 Å². The van der Waals surface area contributed by atoms with Gasteiger partial charge in [0, 0.05) is 41.1 Å². The predicted molar refractivity (Wildman–Crippen MR) is 194 cm³/mol. The van der Waals surface area contributed by atoms with Crippen molar-refractivity contribution in [2.75, 3.05) is 23.7 Å². The Kier molecular flexibility index (Phi) is 9.44. The van der Waals surface area contributed by atoms with E-state index in [2.05, 4.69) is 15.6 Å². The number of rotatable bonds is 9. The molecule has 10 nitrogen and oxygen atoms in total. The highest BCUT2D eigenvalue weighted by molar-refractivity contribution is 6.00. The van der Waals surface area contributed by atoms with Crippen LogP contribution in [0, 0.1) is 0 Å². The normalized spacial score (nSPS) is 17.9. The van der Waals surface area contributed by atoms with Gasteiger partial charge < -0.3 is 31.2 Å². The molecule has 4 amide bonds. The van der Waals surface area contributed by atoms with E-state index in [0.717, 1.165) is 46.1 Å². The van der Waals surface area contributed by atoms with Crippen LogP contribution >= 0.6 is 0 Å². The van der Waals surface area contributed by atoms with Crippen LogP contribution in [0.5, 0.6) is 0 Å². The Balaban J connectivity index is 0.973. The predicted octanol–water partition coefficient (Wildman–Crippen LogP) is 5.64. The van der Waals surface area contributed by atoms with Gasteiger partial charge in [-0.3, -0.25) is 19.2 Å². The number of nitrogens with two attached hydrogens (primary N) is 1. The molecule has 4 aromatic carbocycles. The van der Waals surface area contributed by atoms with Gasteiger partial charge in [-0.1, -0.05) is 72.8 Å². The first-order valence-corrected chi connectivity index (χ1v) is 17.1. The maximum absolute atomic E-state index is 13.4. The van der Waals surface area contributed by atoms with Crippen LogP contribution in [0.1, 0.15) is 42.9 Å². The summed E-state index contributed by atoms with van der Waals surface area (Å²) in [5.74, 6) is -0.698. The molecule has 5 N–H and O–H groups in total. The van der Waals surface area contributed by atoms with Gasteiger partial charge >= 0.3 is 0 Å². The first-order valence-electron chi connectivity index (χ1n) is 17.1. The van der Waals surface area contributed by atoms with E-state index in [1.54, 1.807) is 9.80 Å². The summed E-state index contributed by atoms with van der Waals surface area (Å²) >= 11 is 0. The number of fused-ring (bicyclic) bond motifs is 1. The zero-order valence-electron chi connectivity index (χ0n) is 27.7. The molecule has 50 heavy (non-hydrogen) atoms. The number of aromatic amines is 1. The van der Waals surface area contributed by atoms with E-state index in [4.69, 9.17) is 5.73 Å². The Hall–Kier alpha value is -5.74. The minimum Gasteiger partial charge on any atom is -0.355 e. The van der Waals surface area contributed by atoms with E-state index in [1.807, 2.05) is 109 Å². The summed E-state index contributed by atoms with van der Waals surface area (Å²) in [5, 5.41) is 6.92. The lowest BCUT2D eigenvalue weighted by Crippen LogP contribution is -2.46. The Morgan fingerprint density at radius 2 is 1.32 bits per heavy atom. The van der Waals surface area contributed by atoms with E-state index in [0.29, 0.717) is 37.3 Å². The molecular weight excluding hydrogens is 628 g/mol. The highest BCUT2D eigenvalue weighted by Gasteiger charge is 2.37. The summed E-state index contributed by atoms with van der Waals surface area (Å²) in [7, 11) is 0. The average Bonchev–Trinajstić information content (AvgIpc) is 3.92. The quantitative estimate of drug-likeness (QED) is 0.161. The fourth-order valence-corrected chi connectivity index (χ4v) is 7.04. The van der Waals surface area contributed by atoms with Crippen LogP contribution in [0.25, 0.3) is 22.2 Å². The van der Waals surface area contributed by atoms with E-state index in [-0.39, 0.29) is 30.0 Å². The van der Waals surface area contributed by atoms with Crippen molar-refractivity contribution >= 4 is 45.9 Å². The van der Waals surface area contributed by atoms with E-state index in [1.165, 1.54) is 0 Å². The molecule has 0 aliphatic carbocycles. The number of aromatic nitrogens is 1. The lowest BCUT2D eigenvalue weighted by Gasteiger charge is -2.27. The van der Waals surface area contributed by atoms with Crippen molar-refractivity contribution in [2.45, 2.75) is 50.2 Å². The number of hydrogen-bond donors (Lipinski definition) is 4. The lowest BCUT2D eigenvalue weighted by atomic mass is 10.1. The van der Waals surface area contributed by atoms with Crippen molar-refractivity contribution in [1.82, 2.24) is 14.8 Å². The summed E-state index contributed by atoms with van der Waals surface area (Å²) in [6, 6.07) is 32.2. The summed E-state index contributed by atoms with van der Waals surface area (Å²) in [6.45, 7) is 1.07. The van der Waals surface area contributed by atoms with Crippen LogP contribution in [0.3, 0.4) is 0 Å². The van der Waals surface area contributed by atoms with Crippen LogP contribution < -0.4 is 16.4 Å². The molecule has 0 spiro atoms. The fraction of sp³-hybridized carbons (Fsp3) is 0.250. The fourth-order valence-electron chi connectivity index (χ4n) is 7.04. The molecule has 2 aliphatic heterocycles. The van der Waals surface area contributed by atoms with Crippen molar-refractivity contribution in [3.63, 3.8) is 0 Å². The number of likely N-dealkylation sites (tertiary alicyclic amines) is 2. The van der Waals surface area contributed by atoms with E-state index < -0.39 is 18.1 Å². The number of carbonyl (C=O) groups is 4. The highest BCUT2D eigenvalue weighted by Crippen LogP contribution is 2.29. The largest absolute Gasteiger partial charge is 0.355 e. The van der Waals surface area contributed by atoms with Crippen LogP contribution in [-0.2, 0) is 25.6 Å². The molecule has 0 bridgehead atoms. The average molecular weight is 669 g/mol. The number of H-pyrrole nitrogens is 1. The minimum absolute atomic E-state index is 0.0371. The van der Waals surface area contributed by atoms with E-state index >= 15 is 0 Å². The van der Waals surface area contributed by atoms with Gasteiger partial charge in [0.25, 0.3) is 0 Å². The first kappa shape index (κ1) is 32.8. The maximum Gasteiger partial charge on any atom is 0.247 e. The first-order chi connectivity index (χ1) is 24.3. The number of nitrogens with one attached hydrogen (secondary N) is 3. The third-order valence-electron chi connectivity index (χ3n) is 9.69. The number of amides is 4. The molecule has 2 saturated heterocycles. The molecule has 0 unspecified atom stereocenters. The van der Waals surface area contributed by atoms with Crippen molar-refractivity contribution in [3.05, 3.63) is 120 Å². The number of carbonyl (C=O) groups excluding carboxylic acids is 4. The molecule has 0 radical (unpaired) electrons. The second-order valence-corrected chi connectivity index (χ2v) is 13.0. The molecule has 2 fully saturated rings. The summed E-state index contributed by atoms with van der Waals surface area (Å²) in [4.78, 5) is 59.5. The van der Waals surface area contributed by atoms with Crippen LogP contribution in [0.4, 0.5) is 11.4 Å². The van der Waals surface area contributed by atoms with Gasteiger partial charge in [0.05, 0.1) is 6.42 Å². The molecule has 0 saturated carbocycles. The number of anilines is 2. The molecule has 2 aliphatic rings. The van der Waals surface area contributed by atoms with Gasteiger partial charge in [0.15, 0.2) is 0 Å². The standard InChI is InChI=1S/C40H40N6O4/c41-37(28-11-5-2-6-12-28)40(50)46-22-8-14-35(46)39(49)43-31-19-20-32-29(24-31)25-33(44-32)27-15-17-30(18-16-27)42-38(48)34-13-7-21-45(34)36(47)23-26-9-3-1-4-10-26/h1-6,9-12,15-20,24-25,34-35,37,44H,7-8,13-14,21-23,41H2,(H,42,48)(H,43,49)/t34-,35-,37+/m0/s1. The highest BCUT2D eigenvalue weighted by atomic mass is 16.2. The Bertz CT molecular complexity index is 2010. The molecular formula is C40H40N6O4. The van der Waals surface area contributed by atoms with E-state index in [9.17, 15) is 19.2 Å². The molecule has 5 aromatic rings. The minimum atomic E-state index is -0.817. The molecule has 254 valence electrons. The van der Waals surface area contributed by atoms with Crippen molar-refractivity contribution in [2.24, 2.45) is 5.73 Å². The van der Waals surface area contributed by atoms with Crippen LogP contribution in [0.2, 0.25) is 0 Å². The van der Waals surface area contributed by atoms with Gasteiger partial charge in [-0.2, -0.15) is 0 Å². The van der Waals surface area contributed by atoms with Crippen LogP contribution in [-0.4, -0.2) is 63.6 Å². The Morgan fingerprint density at radius 1 is 0.720 bits per heavy atom. The molecule has 10 heteroatoms. The van der Waals surface area contributed by atoms with Crippen molar-refractivity contribution < 1.29 is 19.2 Å². The molecule has 3 heterocycles. The zero-order valence-corrected chi connectivity index (χ0v) is 27.7. The summed E-state index contributed by atoms with van der Waals surface area (Å²) in [5.41, 5.74) is 12.0. The SMILES string of the molecule is N[C@@H](C(=O)N1CCC[C@H]1C(=O)Nc1ccc2[nH]c(-c3ccc(NC(=O)[C@@H]4CCCN4C(=O)Cc4ccccc4)cc3)cc2c1)c1ccccc1. The Labute approximate surface area is 290 Å². The van der Waals surface area contributed by atoms with Gasteiger partial charge in [-0.15, -0.1) is 0 Å². The number of nitrogens with zero attached hydrogens (tertiary/aromatic N) is 2. The second kappa shape index (κ2) is 14.4. The maximum atomic E-state index is 13.4. The number of hydrogen-bond acceptors (Lipinski definition) is 5. The van der Waals surface area contributed by atoms with Gasteiger partial charge in [-0.05, 0) is 78.8 Å². The number of benzene rings is 4. The van der Waals surface area contributed by atoms with Crippen molar-refractivity contribution in [3.8, 4) is 11.3 Å².